The van der Waals surface area contributed by atoms with Gasteiger partial charge in [0.2, 0.25) is 0 Å². The summed E-state index contributed by atoms with van der Waals surface area (Å²) in [6.07, 6.45) is 2.23. The van der Waals surface area contributed by atoms with Crippen LogP contribution in [0.4, 0.5) is 0 Å². The maximum Gasteiger partial charge on any atom is 0.0532 e. The van der Waals surface area contributed by atoms with Crippen molar-refractivity contribution in [3.63, 3.8) is 0 Å². The molecule has 1 atom stereocenters. The summed E-state index contributed by atoms with van der Waals surface area (Å²) in [7, 11) is 0. The number of nitrogens with two attached hydrogens (primary N) is 1. The zero-order valence-electron chi connectivity index (χ0n) is 10.5. The molecule has 0 spiro atoms. The van der Waals surface area contributed by atoms with Crippen LogP contribution < -0.4 is 5.73 Å². The topological polar surface area (TPSA) is 35.2 Å². The van der Waals surface area contributed by atoms with E-state index >= 15 is 0 Å². The second-order valence-electron chi connectivity index (χ2n) is 5.38. The first-order chi connectivity index (χ1) is 6.39. The fourth-order valence-electron chi connectivity index (χ4n) is 0.981. The van der Waals surface area contributed by atoms with E-state index in [1.54, 1.807) is 0 Å². The van der Waals surface area contributed by atoms with Crippen LogP contribution in [0, 0.1) is 10.8 Å². The molecular formula is C12H27NO. The third-order valence-electron chi connectivity index (χ3n) is 3.25. The molecule has 0 amide bonds. The number of hydrogen-bond acceptors (Lipinski definition) is 2. The molecule has 2 heteroatoms. The second kappa shape index (κ2) is 5.72. The Morgan fingerprint density at radius 1 is 1.00 bits per heavy atom. The van der Waals surface area contributed by atoms with Crippen molar-refractivity contribution in [3.05, 3.63) is 0 Å². The van der Waals surface area contributed by atoms with Crippen molar-refractivity contribution in [1.29, 1.82) is 0 Å². The third kappa shape index (κ3) is 4.97. The molecule has 0 aliphatic carbocycles. The lowest BCUT2D eigenvalue weighted by atomic mass is 9.88. The van der Waals surface area contributed by atoms with Gasteiger partial charge in [0.15, 0.2) is 0 Å². The molecule has 86 valence electrons. The van der Waals surface area contributed by atoms with E-state index in [4.69, 9.17) is 10.5 Å². The molecule has 0 saturated carbocycles. The number of hydrogen-bond donors (Lipinski definition) is 1. The average molecular weight is 201 g/mol. The van der Waals surface area contributed by atoms with E-state index in [0.717, 1.165) is 26.1 Å². The summed E-state index contributed by atoms with van der Waals surface area (Å²) < 4.78 is 5.76. The van der Waals surface area contributed by atoms with E-state index in [1.165, 1.54) is 0 Å². The van der Waals surface area contributed by atoms with Gasteiger partial charge in [0.1, 0.15) is 0 Å². The number of ether oxygens (including phenoxy) is 1. The fourth-order valence-corrected chi connectivity index (χ4v) is 0.981. The monoisotopic (exact) mass is 201 g/mol. The zero-order chi connectivity index (χ0) is 11.2. The molecule has 2 N–H and O–H groups in total. The van der Waals surface area contributed by atoms with E-state index in [9.17, 15) is 0 Å². The fraction of sp³-hybridized carbons (Fsp3) is 1.00. The van der Waals surface area contributed by atoms with Crippen LogP contribution in [0.1, 0.15) is 47.5 Å². The molecule has 0 aromatic rings. The predicted molar refractivity (Wildman–Crippen MR) is 62.3 cm³/mol. The minimum absolute atomic E-state index is 0.157. The van der Waals surface area contributed by atoms with Crippen molar-refractivity contribution >= 4 is 0 Å². The van der Waals surface area contributed by atoms with Gasteiger partial charge in [-0.15, -0.1) is 0 Å². The predicted octanol–water partition coefficient (Wildman–Crippen LogP) is 2.81. The van der Waals surface area contributed by atoms with Gasteiger partial charge < -0.3 is 10.5 Å². The molecule has 0 aliphatic rings. The average Bonchev–Trinajstić information content (AvgIpc) is 2.17. The van der Waals surface area contributed by atoms with Gasteiger partial charge in [0.25, 0.3) is 0 Å². The summed E-state index contributed by atoms with van der Waals surface area (Å²) in [6, 6.07) is 0. The largest absolute Gasteiger partial charge is 0.380 e. The summed E-state index contributed by atoms with van der Waals surface area (Å²) in [5, 5.41) is 0. The van der Waals surface area contributed by atoms with E-state index in [2.05, 4.69) is 34.6 Å². The number of rotatable bonds is 7. The Bertz CT molecular complexity index is 150. The van der Waals surface area contributed by atoms with Crippen molar-refractivity contribution in [2.75, 3.05) is 19.8 Å². The maximum atomic E-state index is 5.76. The SMILES string of the molecule is CCC(C)(C)COCC(C)(CC)CN. The molecule has 0 aliphatic heterocycles. The first kappa shape index (κ1) is 13.9. The van der Waals surface area contributed by atoms with Gasteiger partial charge in [-0.3, -0.25) is 0 Å². The highest BCUT2D eigenvalue weighted by molar-refractivity contribution is 4.74. The standard InChI is InChI=1S/C12H27NO/c1-6-11(3,4)9-14-10-12(5,7-2)8-13/h6-10,13H2,1-5H3. The molecule has 0 rings (SSSR count). The second-order valence-corrected chi connectivity index (χ2v) is 5.38. The molecule has 1 unspecified atom stereocenters. The summed E-state index contributed by atoms with van der Waals surface area (Å²) >= 11 is 0. The van der Waals surface area contributed by atoms with Crippen LogP contribution in [0.2, 0.25) is 0 Å². The van der Waals surface area contributed by atoms with E-state index in [-0.39, 0.29) is 5.41 Å². The first-order valence-corrected chi connectivity index (χ1v) is 5.67. The lowest BCUT2D eigenvalue weighted by Gasteiger charge is -2.29. The molecule has 0 bridgehead atoms. The molecule has 14 heavy (non-hydrogen) atoms. The zero-order valence-corrected chi connectivity index (χ0v) is 10.5. The van der Waals surface area contributed by atoms with Crippen LogP contribution in [-0.2, 0) is 4.74 Å². The van der Waals surface area contributed by atoms with Crippen molar-refractivity contribution in [3.8, 4) is 0 Å². The van der Waals surface area contributed by atoms with Crippen molar-refractivity contribution in [1.82, 2.24) is 0 Å². The van der Waals surface area contributed by atoms with Crippen LogP contribution in [-0.4, -0.2) is 19.8 Å². The molecule has 0 heterocycles. The van der Waals surface area contributed by atoms with E-state index in [0.29, 0.717) is 12.0 Å². The van der Waals surface area contributed by atoms with Crippen LogP contribution >= 0.6 is 0 Å². The van der Waals surface area contributed by atoms with Crippen molar-refractivity contribution < 1.29 is 4.74 Å². The van der Waals surface area contributed by atoms with Gasteiger partial charge in [0.05, 0.1) is 13.2 Å². The summed E-state index contributed by atoms with van der Waals surface area (Å²) in [4.78, 5) is 0. The highest BCUT2D eigenvalue weighted by atomic mass is 16.5. The quantitative estimate of drug-likeness (QED) is 0.687. The van der Waals surface area contributed by atoms with Crippen molar-refractivity contribution in [2.24, 2.45) is 16.6 Å². The van der Waals surface area contributed by atoms with Gasteiger partial charge in [0, 0.05) is 5.41 Å². The molecular weight excluding hydrogens is 174 g/mol. The highest BCUT2D eigenvalue weighted by Gasteiger charge is 2.22. The molecule has 0 aromatic carbocycles. The van der Waals surface area contributed by atoms with Gasteiger partial charge >= 0.3 is 0 Å². The summed E-state index contributed by atoms with van der Waals surface area (Å²) in [5.74, 6) is 0. The normalized spacial score (nSPS) is 16.7. The van der Waals surface area contributed by atoms with Crippen molar-refractivity contribution in [2.45, 2.75) is 47.5 Å². The van der Waals surface area contributed by atoms with Gasteiger partial charge in [-0.2, -0.15) is 0 Å². The Morgan fingerprint density at radius 2 is 1.57 bits per heavy atom. The third-order valence-corrected chi connectivity index (χ3v) is 3.25. The van der Waals surface area contributed by atoms with Crippen LogP contribution in [0.5, 0.6) is 0 Å². The minimum Gasteiger partial charge on any atom is -0.380 e. The molecule has 0 saturated heterocycles. The lowest BCUT2D eigenvalue weighted by Crippen LogP contribution is -2.33. The molecule has 2 nitrogen and oxygen atoms in total. The first-order valence-electron chi connectivity index (χ1n) is 5.67. The van der Waals surface area contributed by atoms with Gasteiger partial charge in [-0.05, 0) is 24.8 Å². The van der Waals surface area contributed by atoms with Crippen LogP contribution in [0.15, 0.2) is 0 Å². The molecule has 0 radical (unpaired) electrons. The van der Waals surface area contributed by atoms with E-state index < -0.39 is 0 Å². The van der Waals surface area contributed by atoms with Crippen LogP contribution in [0.3, 0.4) is 0 Å². The molecule has 0 fully saturated rings. The lowest BCUT2D eigenvalue weighted by molar-refractivity contribution is 0.00943. The summed E-state index contributed by atoms with van der Waals surface area (Å²) in [6.45, 7) is 13.3. The van der Waals surface area contributed by atoms with Gasteiger partial charge in [-0.25, -0.2) is 0 Å². The maximum absolute atomic E-state index is 5.76. The van der Waals surface area contributed by atoms with Gasteiger partial charge in [-0.1, -0.05) is 34.6 Å². The minimum atomic E-state index is 0.157. The van der Waals surface area contributed by atoms with E-state index in [1.807, 2.05) is 0 Å². The Labute approximate surface area is 89.2 Å². The molecule has 0 aromatic heterocycles. The Kier molecular flexibility index (Phi) is 5.68. The van der Waals surface area contributed by atoms with Crippen LogP contribution in [0.25, 0.3) is 0 Å². The smallest absolute Gasteiger partial charge is 0.0532 e. The summed E-state index contributed by atoms with van der Waals surface area (Å²) in [5.41, 5.74) is 6.17. The Hall–Kier alpha value is -0.0800. The Balaban J connectivity index is 3.83. The Morgan fingerprint density at radius 3 is 1.93 bits per heavy atom. The highest BCUT2D eigenvalue weighted by Crippen LogP contribution is 2.23.